The van der Waals surface area contributed by atoms with Crippen LogP contribution in [-0.2, 0) is 39.9 Å². The lowest BCUT2D eigenvalue weighted by Crippen LogP contribution is -2.55. The predicted octanol–water partition coefficient (Wildman–Crippen LogP) is 4.80. The summed E-state index contributed by atoms with van der Waals surface area (Å²) in [6.07, 6.45) is 12.8. The van der Waals surface area contributed by atoms with Crippen molar-refractivity contribution in [3.63, 3.8) is 0 Å². The second-order valence-electron chi connectivity index (χ2n) is 11.3. The summed E-state index contributed by atoms with van der Waals surface area (Å²) in [5, 5.41) is 33.2. The quantitative estimate of drug-likeness (QED) is 0.0702. The van der Waals surface area contributed by atoms with Crippen molar-refractivity contribution in [2.75, 3.05) is 13.7 Å². The number of aromatic hydroxyl groups is 1. The Hall–Kier alpha value is -3.73. The number of nitrogens with one attached hydrogen (secondary N) is 1. The number of esters is 2. The molecule has 0 aliphatic heterocycles. The number of carboxylic acids is 1. The van der Waals surface area contributed by atoms with Gasteiger partial charge in [-0.05, 0) is 43.4 Å². The van der Waals surface area contributed by atoms with Crippen LogP contribution in [0.25, 0.3) is 0 Å². The Balaban J connectivity index is 2.88. The van der Waals surface area contributed by atoms with E-state index in [0.29, 0.717) is 24.8 Å². The van der Waals surface area contributed by atoms with Gasteiger partial charge in [-0.3, -0.25) is 14.4 Å². The van der Waals surface area contributed by atoms with Gasteiger partial charge < -0.3 is 30.1 Å². The number of methoxy groups -OCH3 is 1. The number of phenols is 1. The summed E-state index contributed by atoms with van der Waals surface area (Å²) in [6.45, 7) is 2.85. The maximum atomic E-state index is 13.5. The van der Waals surface area contributed by atoms with Crippen molar-refractivity contribution in [3.05, 3.63) is 42.0 Å². The zero-order chi connectivity index (χ0) is 33.7. The van der Waals surface area contributed by atoms with Crippen molar-refractivity contribution in [1.82, 2.24) is 5.32 Å². The van der Waals surface area contributed by atoms with Gasteiger partial charge in [0.05, 0.1) is 19.6 Å². The number of aliphatic hydroxyl groups is 1. The van der Waals surface area contributed by atoms with Gasteiger partial charge in [0.1, 0.15) is 17.6 Å². The van der Waals surface area contributed by atoms with E-state index in [-0.39, 0.29) is 18.0 Å². The minimum atomic E-state index is -2.65. The highest BCUT2D eigenvalue weighted by molar-refractivity contribution is 5.92. The van der Waals surface area contributed by atoms with E-state index in [9.17, 15) is 39.3 Å². The Bertz CT molecular complexity index is 1100. The van der Waals surface area contributed by atoms with Crippen LogP contribution in [0.4, 0.5) is 0 Å². The molecule has 0 aromatic heterocycles. The molecule has 1 rings (SSSR count). The molecule has 0 unspecified atom stereocenters. The number of Topliss-reactive ketones (excluding diaryl/α,β-unsaturated/α-hetero) is 1. The van der Waals surface area contributed by atoms with Gasteiger partial charge in [0.2, 0.25) is 5.91 Å². The van der Waals surface area contributed by atoms with E-state index in [0.717, 1.165) is 52.6 Å². The van der Waals surface area contributed by atoms with Crippen LogP contribution in [0.5, 0.6) is 5.75 Å². The summed E-state index contributed by atoms with van der Waals surface area (Å²) in [5.74, 6) is -5.40. The average molecular weight is 634 g/mol. The Morgan fingerprint density at radius 3 is 2.09 bits per heavy atom. The zero-order valence-corrected chi connectivity index (χ0v) is 26.9. The number of rotatable bonds is 24. The van der Waals surface area contributed by atoms with Gasteiger partial charge in [0.25, 0.3) is 0 Å². The smallest absolute Gasteiger partial charge is 0.336 e. The number of unbranched alkanes of at least 4 members (excludes halogenated alkanes) is 8. The molecular formula is C34H51NO10. The fourth-order valence-corrected chi connectivity index (χ4v) is 4.89. The number of ether oxygens (including phenoxy) is 2. The van der Waals surface area contributed by atoms with Crippen LogP contribution in [0.3, 0.4) is 0 Å². The van der Waals surface area contributed by atoms with Crippen LogP contribution >= 0.6 is 0 Å². The van der Waals surface area contributed by atoms with Crippen molar-refractivity contribution in [3.8, 4) is 5.75 Å². The topological polar surface area (TPSA) is 177 Å². The number of carboxylic acid groups (broad SMARTS) is 1. The van der Waals surface area contributed by atoms with Crippen molar-refractivity contribution < 1.29 is 48.8 Å². The highest BCUT2D eigenvalue weighted by atomic mass is 16.5. The van der Waals surface area contributed by atoms with Gasteiger partial charge in [-0.1, -0.05) is 69.7 Å². The Kier molecular flexibility index (Phi) is 19.1. The van der Waals surface area contributed by atoms with Gasteiger partial charge in [0, 0.05) is 32.6 Å². The molecule has 1 aromatic carbocycles. The van der Waals surface area contributed by atoms with Crippen LogP contribution in [0, 0.1) is 5.92 Å². The molecule has 0 radical (unpaired) electrons. The van der Waals surface area contributed by atoms with E-state index in [1.54, 1.807) is 18.2 Å². The van der Waals surface area contributed by atoms with Crippen LogP contribution < -0.4 is 5.32 Å². The Labute approximate surface area is 266 Å². The average Bonchev–Trinajstić information content (AvgIpc) is 3.00. The lowest BCUT2D eigenvalue weighted by molar-refractivity contribution is -0.170. The summed E-state index contributed by atoms with van der Waals surface area (Å²) >= 11 is 0. The molecule has 0 saturated carbocycles. The number of carbonyl (C=O) groups excluding carboxylic acids is 4. The monoisotopic (exact) mass is 633 g/mol. The number of ketones is 1. The molecule has 0 aliphatic carbocycles. The number of carbonyl (C=O) groups is 5. The number of amides is 1. The summed E-state index contributed by atoms with van der Waals surface area (Å²) < 4.78 is 9.67. The largest absolute Gasteiger partial charge is 0.508 e. The molecule has 0 bridgehead atoms. The first-order valence-electron chi connectivity index (χ1n) is 15.9. The second kappa shape index (κ2) is 21.9. The molecule has 11 nitrogen and oxygen atoms in total. The molecule has 1 amide bonds. The van der Waals surface area contributed by atoms with Gasteiger partial charge in [0.15, 0.2) is 5.60 Å². The lowest BCUT2D eigenvalue weighted by Gasteiger charge is -2.30. The standard InChI is InChI=1S/C34H51NO10/c1-4-5-6-9-12-15-27(37)16-13-10-7-8-11-14-17-29(34(43,33(41)42)22-23-45-25(2)36)31(39)35-30(32(40)44-3)24-26-18-20-28(38)21-19-26/h14,17-21,29-30,38,43H,4-13,15-16,22-24H2,1-3H3,(H,35,39)(H,41,42)/b17-14+/t29-,30+,34+/m1/s1. The molecule has 11 heteroatoms. The first-order valence-corrected chi connectivity index (χ1v) is 15.9. The Morgan fingerprint density at radius 2 is 1.53 bits per heavy atom. The van der Waals surface area contributed by atoms with Gasteiger partial charge >= 0.3 is 17.9 Å². The number of benzene rings is 1. The highest BCUT2D eigenvalue weighted by Crippen LogP contribution is 2.26. The van der Waals surface area contributed by atoms with E-state index < -0.39 is 54.4 Å². The molecular weight excluding hydrogens is 582 g/mol. The third-order valence-corrected chi connectivity index (χ3v) is 7.60. The molecule has 252 valence electrons. The fourth-order valence-electron chi connectivity index (χ4n) is 4.89. The maximum Gasteiger partial charge on any atom is 0.336 e. The summed E-state index contributed by atoms with van der Waals surface area (Å²) in [4.78, 5) is 61.6. The molecule has 0 spiro atoms. The number of hydrogen-bond donors (Lipinski definition) is 4. The van der Waals surface area contributed by atoms with Crippen molar-refractivity contribution in [2.45, 2.75) is 115 Å². The molecule has 4 N–H and O–H groups in total. The first kappa shape index (κ1) is 39.3. The van der Waals surface area contributed by atoms with Crippen LogP contribution in [0.2, 0.25) is 0 Å². The third-order valence-electron chi connectivity index (χ3n) is 7.60. The van der Waals surface area contributed by atoms with E-state index in [2.05, 4.69) is 12.2 Å². The summed E-state index contributed by atoms with van der Waals surface area (Å²) in [7, 11) is 1.15. The molecule has 3 atom stereocenters. The lowest BCUT2D eigenvalue weighted by atomic mass is 9.83. The fraction of sp³-hybridized carbons (Fsp3) is 0.618. The number of phenolic OH excluding ortho intramolecular Hbond substituents is 1. The van der Waals surface area contributed by atoms with E-state index in [1.807, 2.05) is 0 Å². The number of hydrogen-bond acceptors (Lipinski definition) is 9. The minimum Gasteiger partial charge on any atom is -0.508 e. The van der Waals surface area contributed by atoms with Crippen LogP contribution in [0.15, 0.2) is 36.4 Å². The van der Waals surface area contributed by atoms with Crippen molar-refractivity contribution in [2.24, 2.45) is 5.92 Å². The molecule has 0 aliphatic rings. The van der Waals surface area contributed by atoms with Gasteiger partial charge in [-0.25, -0.2) is 9.59 Å². The van der Waals surface area contributed by atoms with Gasteiger partial charge in [-0.15, -0.1) is 0 Å². The van der Waals surface area contributed by atoms with Crippen LogP contribution in [-0.4, -0.2) is 70.3 Å². The molecule has 0 heterocycles. The van der Waals surface area contributed by atoms with E-state index >= 15 is 0 Å². The minimum absolute atomic E-state index is 0.0172. The first-order chi connectivity index (χ1) is 21.4. The molecule has 0 fully saturated rings. The van der Waals surface area contributed by atoms with Crippen molar-refractivity contribution >= 4 is 29.6 Å². The van der Waals surface area contributed by atoms with Gasteiger partial charge in [-0.2, -0.15) is 0 Å². The van der Waals surface area contributed by atoms with E-state index in [4.69, 9.17) is 9.47 Å². The second-order valence-corrected chi connectivity index (χ2v) is 11.3. The summed E-state index contributed by atoms with van der Waals surface area (Å²) in [5.41, 5.74) is -2.06. The molecule has 0 saturated heterocycles. The highest BCUT2D eigenvalue weighted by Gasteiger charge is 2.47. The predicted molar refractivity (Wildman–Crippen MR) is 168 cm³/mol. The molecule has 45 heavy (non-hydrogen) atoms. The zero-order valence-electron chi connectivity index (χ0n) is 26.9. The summed E-state index contributed by atoms with van der Waals surface area (Å²) in [6, 6.07) is 4.75. The number of allylic oxidation sites excluding steroid dienone is 1. The normalized spacial score (nSPS) is 13.9. The third kappa shape index (κ3) is 15.7. The van der Waals surface area contributed by atoms with Crippen molar-refractivity contribution in [1.29, 1.82) is 0 Å². The van der Waals surface area contributed by atoms with E-state index in [1.165, 1.54) is 37.5 Å². The number of aliphatic carboxylic acids is 1. The molecule has 1 aromatic rings. The maximum absolute atomic E-state index is 13.5. The SMILES string of the molecule is CCCCCCCC(=O)CCCCCC/C=C/[C@H](C(=O)N[C@@H](Cc1ccc(O)cc1)C(=O)OC)[C@@](O)(CCOC(C)=O)C(=O)O. The Morgan fingerprint density at radius 1 is 0.933 bits per heavy atom. The van der Waals surface area contributed by atoms with Crippen LogP contribution in [0.1, 0.15) is 103 Å².